The van der Waals surface area contributed by atoms with E-state index >= 15 is 0 Å². The molecule has 2 aromatic carbocycles. The molecular weight excluding hydrogens is 613 g/mol. The lowest BCUT2D eigenvalue weighted by Gasteiger charge is -2.35. The summed E-state index contributed by atoms with van der Waals surface area (Å²) in [6, 6.07) is 24.1. The number of aryl methyl sites for hydroxylation is 1. The third-order valence-electron chi connectivity index (χ3n) is 8.51. The van der Waals surface area contributed by atoms with Crippen LogP contribution in [0.2, 0.25) is 0 Å². The van der Waals surface area contributed by atoms with Crippen molar-refractivity contribution in [1.29, 1.82) is 5.26 Å². The number of benzene rings is 2. The van der Waals surface area contributed by atoms with Crippen LogP contribution in [0.3, 0.4) is 0 Å². The molecule has 1 aliphatic rings. The number of carboxylic acids is 1. The van der Waals surface area contributed by atoms with Gasteiger partial charge >= 0.3 is 5.97 Å². The molecule has 0 saturated heterocycles. The van der Waals surface area contributed by atoms with Gasteiger partial charge in [-0.25, -0.2) is 4.79 Å². The largest absolute Gasteiger partial charge is 0.477 e. The quantitative estimate of drug-likeness (QED) is 0.0785. The third kappa shape index (κ3) is 7.92. The molecule has 1 N–H and O–H groups in total. The van der Waals surface area contributed by atoms with Crippen molar-refractivity contribution in [3.63, 3.8) is 0 Å². The molecule has 0 saturated carbocycles. The molecule has 1 atom stereocenters. The van der Waals surface area contributed by atoms with Crippen LogP contribution in [0, 0.1) is 17.2 Å². The van der Waals surface area contributed by atoms with Crippen LogP contribution in [-0.4, -0.2) is 17.6 Å². The molecule has 7 heteroatoms. The highest BCUT2D eigenvalue weighted by atomic mass is 32.2. The Balaban J connectivity index is 1.44. The van der Waals surface area contributed by atoms with Gasteiger partial charge in [-0.2, -0.15) is 5.26 Å². The van der Waals surface area contributed by atoms with Crippen LogP contribution in [0.25, 0.3) is 26.3 Å². The summed E-state index contributed by atoms with van der Waals surface area (Å²) < 4.78 is 0. The minimum atomic E-state index is -1.18. The maximum absolute atomic E-state index is 11.6. The van der Waals surface area contributed by atoms with Crippen LogP contribution in [0.4, 0.5) is 11.4 Å². The van der Waals surface area contributed by atoms with Gasteiger partial charge < -0.3 is 10.0 Å². The van der Waals surface area contributed by atoms with E-state index in [1.54, 1.807) is 28.7 Å². The lowest BCUT2D eigenvalue weighted by molar-refractivity contribution is -0.132. The fourth-order valence-electron chi connectivity index (χ4n) is 5.88. The zero-order valence-electron chi connectivity index (χ0n) is 26.5. The van der Waals surface area contributed by atoms with Crippen molar-refractivity contribution >= 4 is 57.9 Å². The second-order valence-electron chi connectivity index (χ2n) is 11.7. The van der Waals surface area contributed by atoms with E-state index in [0.717, 1.165) is 46.0 Å². The number of carboxylic acid groups (broad SMARTS) is 1. The fraction of sp³-hybridized carbons (Fsp3) is 0.368. The molecule has 0 bridgehead atoms. The Bertz CT molecular complexity index is 1690. The number of rotatable bonds is 15. The van der Waals surface area contributed by atoms with E-state index in [0.29, 0.717) is 5.92 Å². The van der Waals surface area contributed by atoms with Crippen molar-refractivity contribution in [2.75, 3.05) is 11.4 Å². The summed E-state index contributed by atoms with van der Waals surface area (Å²) in [7, 11) is 0. The molecule has 45 heavy (non-hydrogen) atoms. The van der Waals surface area contributed by atoms with Gasteiger partial charge in [0.2, 0.25) is 0 Å². The smallest absolute Gasteiger partial charge is 0.346 e. The van der Waals surface area contributed by atoms with Crippen molar-refractivity contribution < 1.29 is 9.90 Å². The number of nitrogens with zero attached hydrogens (tertiary/aromatic N) is 2. The molecule has 2 aromatic heterocycles. The van der Waals surface area contributed by atoms with Crippen molar-refractivity contribution in [3.8, 4) is 26.3 Å². The minimum absolute atomic E-state index is 0.220. The predicted octanol–water partition coefficient (Wildman–Crippen LogP) is 12.1. The Kier molecular flexibility index (Phi) is 11.6. The van der Waals surface area contributed by atoms with Crippen LogP contribution in [0.1, 0.15) is 82.6 Å². The highest BCUT2D eigenvalue weighted by molar-refractivity contribution is 7.99. The zero-order chi connectivity index (χ0) is 31.8. The molecule has 234 valence electrons. The maximum atomic E-state index is 11.6. The van der Waals surface area contributed by atoms with E-state index in [2.05, 4.69) is 86.3 Å². The SMILES string of the molecule is CCCCCCc1cc(-c2ccc(-c3ccc4c(c3)Sc3ccccc3N4CC(CC)CCCC)s2)sc1/C=C(/C#N)C(=O)O. The van der Waals surface area contributed by atoms with E-state index < -0.39 is 5.97 Å². The maximum Gasteiger partial charge on any atom is 0.346 e. The number of carbonyl (C=O) groups is 1. The van der Waals surface area contributed by atoms with Crippen LogP contribution < -0.4 is 4.90 Å². The Morgan fingerprint density at radius 2 is 1.67 bits per heavy atom. The average molecular weight is 655 g/mol. The van der Waals surface area contributed by atoms with Gasteiger partial charge in [0.1, 0.15) is 11.6 Å². The molecule has 4 aromatic rings. The lowest BCUT2D eigenvalue weighted by atomic mass is 9.98. The number of para-hydroxylation sites is 1. The lowest BCUT2D eigenvalue weighted by Crippen LogP contribution is -2.27. The van der Waals surface area contributed by atoms with E-state index in [9.17, 15) is 15.2 Å². The standard InChI is InChI=1S/C38H42N2O2S3/c1-4-7-9-10-14-27-22-37(45-35(27)23-29(24-39)38(41)42)34-20-19-32(43-34)28-17-18-31-36(21-28)44-33-16-12-11-15-30(33)40(31)25-26(6-3)13-8-5-2/h11-12,15-23,26H,4-10,13-14,25H2,1-3H3,(H,41,42)/b29-23-. The first-order chi connectivity index (χ1) is 21.9. The van der Waals surface area contributed by atoms with E-state index in [1.165, 1.54) is 70.1 Å². The highest BCUT2D eigenvalue weighted by Crippen LogP contribution is 2.50. The number of anilines is 2. The molecular formula is C38H42N2O2S3. The molecule has 1 unspecified atom stereocenters. The number of hydrogen-bond donors (Lipinski definition) is 1. The van der Waals surface area contributed by atoms with Crippen LogP contribution in [0.15, 0.2) is 76.0 Å². The van der Waals surface area contributed by atoms with Gasteiger partial charge in [0.25, 0.3) is 0 Å². The summed E-state index contributed by atoms with van der Waals surface area (Å²) in [5.74, 6) is -0.518. The molecule has 0 amide bonds. The Labute approximate surface area is 280 Å². The summed E-state index contributed by atoms with van der Waals surface area (Å²) >= 11 is 5.21. The molecule has 0 aliphatic carbocycles. The number of thiophene rings is 2. The summed E-state index contributed by atoms with van der Waals surface area (Å²) in [5, 5.41) is 18.9. The van der Waals surface area contributed by atoms with Gasteiger partial charge in [0, 0.05) is 35.8 Å². The van der Waals surface area contributed by atoms with Gasteiger partial charge in [0.05, 0.1) is 11.4 Å². The van der Waals surface area contributed by atoms with Gasteiger partial charge in [-0.15, -0.1) is 22.7 Å². The average Bonchev–Trinajstić information content (AvgIpc) is 3.70. The second kappa shape index (κ2) is 15.8. The molecule has 5 rings (SSSR count). The topological polar surface area (TPSA) is 64.3 Å². The zero-order valence-corrected chi connectivity index (χ0v) is 28.9. The van der Waals surface area contributed by atoms with Gasteiger partial charge in [-0.3, -0.25) is 0 Å². The van der Waals surface area contributed by atoms with Crippen molar-refractivity contribution in [1.82, 2.24) is 0 Å². The molecule has 1 aliphatic heterocycles. The third-order valence-corrected chi connectivity index (χ3v) is 12.1. The fourth-order valence-corrected chi connectivity index (χ4v) is 9.26. The normalized spacial score (nSPS) is 13.3. The van der Waals surface area contributed by atoms with E-state index in [-0.39, 0.29) is 5.57 Å². The minimum Gasteiger partial charge on any atom is -0.477 e. The summed E-state index contributed by atoms with van der Waals surface area (Å²) in [4.78, 5) is 21.1. The first-order valence-corrected chi connectivity index (χ1v) is 18.7. The molecule has 0 fully saturated rings. The number of aliphatic carboxylic acids is 1. The Hall–Kier alpha value is -3.31. The molecule has 4 nitrogen and oxygen atoms in total. The molecule has 3 heterocycles. The Morgan fingerprint density at radius 3 is 2.42 bits per heavy atom. The van der Waals surface area contributed by atoms with Gasteiger partial charge in [0.15, 0.2) is 0 Å². The van der Waals surface area contributed by atoms with E-state index in [4.69, 9.17) is 0 Å². The summed E-state index contributed by atoms with van der Waals surface area (Å²) in [6.45, 7) is 7.83. The first-order valence-electron chi connectivity index (χ1n) is 16.2. The number of nitriles is 1. The van der Waals surface area contributed by atoms with E-state index in [1.807, 2.05) is 17.8 Å². The van der Waals surface area contributed by atoms with Crippen molar-refractivity contribution in [3.05, 3.63) is 76.7 Å². The Morgan fingerprint density at radius 1 is 0.889 bits per heavy atom. The molecule has 0 radical (unpaired) electrons. The van der Waals surface area contributed by atoms with Crippen molar-refractivity contribution in [2.24, 2.45) is 5.92 Å². The van der Waals surface area contributed by atoms with Gasteiger partial charge in [-0.1, -0.05) is 89.3 Å². The predicted molar refractivity (Wildman–Crippen MR) is 193 cm³/mol. The summed E-state index contributed by atoms with van der Waals surface area (Å²) in [6.07, 6.45) is 12.0. The van der Waals surface area contributed by atoms with Crippen molar-refractivity contribution in [2.45, 2.75) is 88.3 Å². The summed E-state index contributed by atoms with van der Waals surface area (Å²) in [5.41, 5.74) is 4.73. The number of fused-ring (bicyclic) bond motifs is 2. The second-order valence-corrected chi connectivity index (χ2v) is 15.0. The first kappa shape index (κ1) is 33.1. The van der Waals surface area contributed by atoms with Crippen LogP contribution >= 0.6 is 34.4 Å². The number of hydrogen-bond acceptors (Lipinski definition) is 6. The van der Waals surface area contributed by atoms with Crippen LogP contribution in [-0.2, 0) is 11.2 Å². The number of unbranched alkanes of at least 4 members (excludes halogenated alkanes) is 4. The monoisotopic (exact) mass is 654 g/mol. The molecule has 0 spiro atoms. The van der Waals surface area contributed by atoms with Gasteiger partial charge in [-0.05, 0) is 84.8 Å². The highest BCUT2D eigenvalue weighted by Gasteiger charge is 2.26. The van der Waals surface area contributed by atoms with Crippen LogP contribution in [0.5, 0.6) is 0 Å².